The predicted molar refractivity (Wildman–Crippen MR) is 74.6 cm³/mol. The van der Waals surface area contributed by atoms with Crippen molar-refractivity contribution < 1.29 is 0 Å². The van der Waals surface area contributed by atoms with E-state index in [1.54, 1.807) is 0 Å². The average molecular weight is 225 g/mol. The summed E-state index contributed by atoms with van der Waals surface area (Å²) in [4.78, 5) is 0. The SMILES string of the molecule is C=CC(N)CCCCCCCCCCCC. The average Bonchev–Trinajstić information content (AvgIpc) is 2.31. The lowest BCUT2D eigenvalue weighted by atomic mass is 10.0. The highest BCUT2D eigenvalue weighted by Crippen LogP contribution is 2.11. The molecule has 0 amide bonds. The summed E-state index contributed by atoms with van der Waals surface area (Å²) in [5.74, 6) is 0. The maximum absolute atomic E-state index is 5.76. The first kappa shape index (κ1) is 15.7. The zero-order valence-corrected chi connectivity index (χ0v) is 11.2. The molecule has 1 nitrogen and oxygen atoms in total. The monoisotopic (exact) mass is 225 g/mol. The summed E-state index contributed by atoms with van der Waals surface area (Å²) < 4.78 is 0. The molecule has 0 aromatic heterocycles. The van der Waals surface area contributed by atoms with E-state index in [0.29, 0.717) is 0 Å². The van der Waals surface area contributed by atoms with Gasteiger partial charge < -0.3 is 5.73 Å². The molecule has 0 saturated heterocycles. The number of rotatable bonds is 12. The molecule has 1 unspecified atom stereocenters. The van der Waals surface area contributed by atoms with Gasteiger partial charge in [0.2, 0.25) is 0 Å². The van der Waals surface area contributed by atoms with Gasteiger partial charge in [0.1, 0.15) is 0 Å². The molecule has 0 heterocycles. The zero-order chi connectivity index (χ0) is 12.1. The Labute approximate surface area is 102 Å². The minimum absolute atomic E-state index is 0.217. The van der Waals surface area contributed by atoms with Crippen LogP contribution >= 0.6 is 0 Å². The topological polar surface area (TPSA) is 26.0 Å². The maximum atomic E-state index is 5.76. The van der Waals surface area contributed by atoms with E-state index in [2.05, 4.69) is 13.5 Å². The molecule has 96 valence electrons. The molecule has 0 bridgehead atoms. The van der Waals surface area contributed by atoms with Gasteiger partial charge in [0, 0.05) is 6.04 Å². The van der Waals surface area contributed by atoms with Crippen molar-refractivity contribution in [1.82, 2.24) is 0 Å². The van der Waals surface area contributed by atoms with Crippen molar-refractivity contribution in [1.29, 1.82) is 0 Å². The van der Waals surface area contributed by atoms with E-state index in [1.807, 2.05) is 6.08 Å². The van der Waals surface area contributed by atoms with Crippen LogP contribution in [0.2, 0.25) is 0 Å². The molecule has 0 aromatic rings. The van der Waals surface area contributed by atoms with Crippen molar-refractivity contribution in [2.45, 2.75) is 83.6 Å². The highest BCUT2D eigenvalue weighted by Gasteiger charge is 1.96. The molecule has 0 radical (unpaired) electrons. The molecular weight excluding hydrogens is 194 g/mol. The third kappa shape index (κ3) is 11.8. The van der Waals surface area contributed by atoms with Gasteiger partial charge in [0.15, 0.2) is 0 Å². The smallest absolute Gasteiger partial charge is 0.0221 e. The van der Waals surface area contributed by atoms with Gasteiger partial charge in [-0.25, -0.2) is 0 Å². The summed E-state index contributed by atoms with van der Waals surface area (Å²) in [5, 5.41) is 0. The molecule has 0 spiro atoms. The first-order valence-electron chi connectivity index (χ1n) is 7.19. The fourth-order valence-electron chi connectivity index (χ4n) is 1.99. The minimum atomic E-state index is 0.217. The highest BCUT2D eigenvalue weighted by molar-refractivity contribution is 4.81. The van der Waals surface area contributed by atoms with Crippen LogP contribution in [0.15, 0.2) is 12.7 Å². The number of unbranched alkanes of at least 4 members (excludes halogenated alkanes) is 9. The Morgan fingerprint density at radius 3 is 1.75 bits per heavy atom. The molecular formula is C15H31N. The molecule has 2 N–H and O–H groups in total. The third-order valence-electron chi connectivity index (χ3n) is 3.19. The number of hydrogen-bond donors (Lipinski definition) is 1. The number of hydrogen-bond acceptors (Lipinski definition) is 1. The van der Waals surface area contributed by atoms with Crippen molar-refractivity contribution in [2.75, 3.05) is 0 Å². The predicted octanol–water partition coefficient (Wildman–Crippen LogP) is 4.81. The molecule has 0 aromatic carbocycles. The summed E-state index contributed by atoms with van der Waals surface area (Å²) in [5.41, 5.74) is 5.76. The van der Waals surface area contributed by atoms with Crippen LogP contribution in [-0.4, -0.2) is 6.04 Å². The lowest BCUT2D eigenvalue weighted by Crippen LogP contribution is -2.15. The first-order chi connectivity index (χ1) is 7.81. The Kier molecular flexibility index (Phi) is 12.5. The van der Waals surface area contributed by atoms with Gasteiger partial charge in [-0.3, -0.25) is 0 Å². The van der Waals surface area contributed by atoms with Crippen LogP contribution in [0.25, 0.3) is 0 Å². The molecule has 1 heteroatoms. The Bertz CT molecular complexity index is 142. The fourth-order valence-corrected chi connectivity index (χ4v) is 1.99. The van der Waals surface area contributed by atoms with Gasteiger partial charge in [0.25, 0.3) is 0 Å². The van der Waals surface area contributed by atoms with E-state index in [-0.39, 0.29) is 6.04 Å². The second-order valence-electron chi connectivity index (χ2n) is 4.87. The molecule has 0 rings (SSSR count). The van der Waals surface area contributed by atoms with Gasteiger partial charge in [-0.05, 0) is 6.42 Å². The molecule has 0 aliphatic carbocycles. The van der Waals surface area contributed by atoms with Gasteiger partial charge >= 0.3 is 0 Å². The Hall–Kier alpha value is -0.300. The van der Waals surface area contributed by atoms with Crippen molar-refractivity contribution >= 4 is 0 Å². The summed E-state index contributed by atoms with van der Waals surface area (Å²) in [6.07, 6.45) is 16.9. The van der Waals surface area contributed by atoms with Crippen molar-refractivity contribution in [3.05, 3.63) is 12.7 Å². The third-order valence-corrected chi connectivity index (χ3v) is 3.19. The quantitative estimate of drug-likeness (QED) is 0.374. The molecule has 1 atom stereocenters. The van der Waals surface area contributed by atoms with E-state index in [1.165, 1.54) is 64.2 Å². The Morgan fingerprint density at radius 1 is 0.875 bits per heavy atom. The normalized spacial score (nSPS) is 12.6. The van der Waals surface area contributed by atoms with E-state index in [4.69, 9.17) is 5.73 Å². The Morgan fingerprint density at radius 2 is 1.31 bits per heavy atom. The second-order valence-corrected chi connectivity index (χ2v) is 4.87. The summed E-state index contributed by atoms with van der Waals surface area (Å²) in [6.45, 7) is 5.97. The van der Waals surface area contributed by atoms with Gasteiger partial charge in [-0.1, -0.05) is 77.2 Å². The van der Waals surface area contributed by atoms with Crippen LogP contribution < -0.4 is 5.73 Å². The molecule has 16 heavy (non-hydrogen) atoms. The van der Waals surface area contributed by atoms with Crippen molar-refractivity contribution in [3.8, 4) is 0 Å². The van der Waals surface area contributed by atoms with Crippen LogP contribution in [0.4, 0.5) is 0 Å². The van der Waals surface area contributed by atoms with Crippen LogP contribution in [0.1, 0.15) is 77.6 Å². The van der Waals surface area contributed by atoms with E-state index in [0.717, 1.165) is 6.42 Å². The molecule has 0 saturated carbocycles. The van der Waals surface area contributed by atoms with Crippen molar-refractivity contribution in [2.24, 2.45) is 5.73 Å². The molecule has 0 aliphatic heterocycles. The lowest BCUT2D eigenvalue weighted by molar-refractivity contribution is 0.542. The van der Waals surface area contributed by atoms with Crippen LogP contribution in [-0.2, 0) is 0 Å². The maximum Gasteiger partial charge on any atom is 0.0221 e. The van der Waals surface area contributed by atoms with Gasteiger partial charge in [-0.15, -0.1) is 6.58 Å². The molecule has 0 aliphatic rings. The van der Waals surface area contributed by atoms with E-state index >= 15 is 0 Å². The Balaban J connectivity index is 2.96. The van der Waals surface area contributed by atoms with Crippen LogP contribution in [0, 0.1) is 0 Å². The van der Waals surface area contributed by atoms with E-state index < -0.39 is 0 Å². The number of nitrogens with two attached hydrogens (primary N) is 1. The summed E-state index contributed by atoms with van der Waals surface area (Å²) in [6, 6.07) is 0.217. The second kappa shape index (κ2) is 12.8. The zero-order valence-electron chi connectivity index (χ0n) is 11.2. The lowest BCUT2D eigenvalue weighted by Gasteiger charge is -2.05. The first-order valence-corrected chi connectivity index (χ1v) is 7.19. The fraction of sp³-hybridized carbons (Fsp3) is 0.867. The van der Waals surface area contributed by atoms with Crippen LogP contribution in [0.5, 0.6) is 0 Å². The largest absolute Gasteiger partial charge is 0.324 e. The standard InChI is InChI=1S/C15H31N/c1-3-5-6-7-8-9-10-11-12-13-14-15(16)4-2/h4,15H,2-3,5-14,16H2,1H3. The molecule has 0 fully saturated rings. The summed E-state index contributed by atoms with van der Waals surface area (Å²) in [7, 11) is 0. The van der Waals surface area contributed by atoms with Crippen LogP contribution in [0.3, 0.4) is 0 Å². The van der Waals surface area contributed by atoms with Crippen molar-refractivity contribution in [3.63, 3.8) is 0 Å². The van der Waals surface area contributed by atoms with Gasteiger partial charge in [-0.2, -0.15) is 0 Å². The highest BCUT2D eigenvalue weighted by atomic mass is 14.6. The minimum Gasteiger partial charge on any atom is -0.324 e. The summed E-state index contributed by atoms with van der Waals surface area (Å²) >= 11 is 0. The van der Waals surface area contributed by atoms with E-state index in [9.17, 15) is 0 Å². The van der Waals surface area contributed by atoms with Gasteiger partial charge in [0.05, 0.1) is 0 Å².